The van der Waals surface area contributed by atoms with E-state index >= 15 is 0 Å². The van der Waals surface area contributed by atoms with Gasteiger partial charge in [0.05, 0.1) is 6.07 Å². The molecule has 1 heterocycles. The molecule has 0 aliphatic carbocycles. The highest BCUT2D eigenvalue weighted by molar-refractivity contribution is 5.95. The molecule has 1 aromatic carbocycles. The fourth-order valence-electron chi connectivity index (χ4n) is 2.10. The van der Waals surface area contributed by atoms with Crippen LogP contribution in [0, 0.1) is 38.0 Å². The van der Waals surface area contributed by atoms with E-state index in [9.17, 15) is 10.1 Å². The summed E-state index contributed by atoms with van der Waals surface area (Å²) in [6.07, 6.45) is 0.279. The van der Waals surface area contributed by atoms with Gasteiger partial charge in [-0.3, -0.25) is 4.79 Å². The molecule has 1 atom stereocenters. The zero-order valence-electron chi connectivity index (χ0n) is 12.4. The zero-order valence-corrected chi connectivity index (χ0v) is 12.4. The average Bonchev–Trinajstić information content (AvgIpc) is 2.86. The molecule has 0 aliphatic rings. The number of nitriles is 1. The molecule has 1 amide bonds. The number of amides is 1. The first-order chi connectivity index (χ1) is 10.0. The molecule has 2 aromatic rings. The van der Waals surface area contributed by atoms with E-state index in [0.29, 0.717) is 5.76 Å². The molecule has 0 spiro atoms. The van der Waals surface area contributed by atoms with Crippen LogP contribution in [0.15, 0.2) is 34.7 Å². The third-order valence-corrected chi connectivity index (χ3v) is 3.54. The fraction of sp³-hybridized carbons (Fsp3) is 0.294. The summed E-state index contributed by atoms with van der Waals surface area (Å²) < 4.78 is 5.43. The lowest BCUT2D eigenvalue weighted by Crippen LogP contribution is -2.23. The van der Waals surface area contributed by atoms with Gasteiger partial charge in [-0.15, -0.1) is 0 Å². The lowest BCUT2D eigenvalue weighted by Gasteiger charge is -2.12. The highest BCUT2D eigenvalue weighted by Gasteiger charge is 2.20. The van der Waals surface area contributed by atoms with Gasteiger partial charge in [-0.25, -0.2) is 0 Å². The smallest absolute Gasteiger partial charge is 0.242 e. The van der Waals surface area contributed by atoms with Gasteiger partial charge in [0.1, 0.15) is 17.4 Å². The molecule has 0 saturated heterocycles. The lowest BCUT2D eigenvalue weighted by atomic mass is 10.0. The predicted molar refractivity (Wildman–Crippen MR) is 80.8 cm³/mol. The minimum absolute atomic E-state index is 0.279. The Hall–Kier alpha value is -2.54. The number of carbonyl (C=O) groups excluding carboxylic acids is 1. The molecule has 0 fully saturated rings. The zero-order chi connectivity index (χ0) is 15.4. The predicted octanol–water partition coefficient (Wildman–Crippen LogP) is 3.53. The first-order valence-electron chi connectivity index (χ1n) is 6.83. The molecule has 108 valence electrons. The summed E-state index contributed by atoms with van der Waals surface area (Å²) in [5.41, 5.74) is 2.86. The quantitative estimate of drug-likeness (QED) is 0.933. The Morgan fingerprint density at radius 1 is 1.29 bits per heavy atom. The van der Waals surface area contributed by atoms with Crippen LogP contribution in [0.25, 0.3) is 0 Å². The minimum atomic E-state index is -0.768. The average molecular weight is 282 g/mol. The Morgan fingerprint density at radius 2 is 2.05 bits per heavy atom. The maximum Gasteiger partial charge on any atom is 0.242 e. The summed E-state index contributed by atoms with van der Waals surface area (Å²) in [6, 6.07) is 11.4. The summed E-state index contributed by atoms with van der Waals surface area (Å²) in [5.74, 6) is 0.350. The first kappa shape index (κ1) is 14.9. The Bertz CT molecular complexity index is 695. The molecule has 1 aromatic heterocycles. The van der Waals surface area contributed by atoms with Gasteiger partial charge >= 0.3 is 0 Å². The van der Waals surface area contributed by atoms with E-state index < -0.39 is 5.92 Å². The van der Waals surface area contributed by atoms with Crippen molar-refractivity contribution < 1.29 is 9.21 Å². The van der Waals surface area contributed by atoms with Crippen LogP contribution in [0.2, 0.25) is 0 Å². The van der Waals surface area contributed by atoms with Crippen LogP contribution in [0.3, 0.4) is 0 Å². The first-order valence-corrected chi connectivity index (χ1v) is 6.83. The maximum absolute atomic E-state index is 12.2. The molecule has 21 heavy (non-hydrogen) atoms. The number of benzene rings is 1. The van der Waals surface area contributed by atoms with Gasteiger partial charge in [0, 0.05) is 12.1 Å². The lowest BCUT2D eigenvalue weighted by molar-refractivity contribution is -0.118. The van der Waals surface area contributed by atoms with Crippen molar-refractivity contribution in [2.24, 2.45) is 5.92 Å². The van der Waals surface area contributed by atoms with Crippen LogP contribution in [0.5, 0.6) is 0 Å². The van der Waals surface area contributed by atoms with E-state index in [4.69, 9.17) is 4.42 Å². The summed E-state index contributed by atoms with van der Waals surface area (Å²) in [4.78, 5) is 12.2. The number of aryl methyl sites for hydroxylation is 2. The van der Waals surface area contributed by atoms with E-state index in [1.807, 2.05) is 51.1 Å². The molecule has 2 rings (SSSR count). The van der Waals surface area contributed by atoms with Crippen molar-refractivity contribution >= 4 is 11.6 Å². The van der Waals surface area contributed by atoms with Crippen molar-refractivity contribution in [1.82, 2.24) is 0 Å². The highest BCUT2D eigenvalue weighted by Crippen LogP contribution is 2.20. The van der Waals surface area contributed by atoms with Crippen LogP contribution in [-0.4, -0.2) is 5.91 Å². The summed E-state index contributed by atoms with van der Waals surface area (Å²) in [6.45, 7) is 5.77. The largest absolute Gasteiger partial charge is 0.466 e. The molecule has 0 saturated carbocycles. The van der Waals surface area contributed by atoms with Crippen LogP contribution < -0.4 is 5.32 Å². The standard InChI is InChI=1S/C17H18N2O2/c1-11-5-4-6-16(13(11)3)19-17(20)14(10-18)9-15-8-7-12(2)21-15/h4-8,14H,9H2,1-3H3,(H,19,20). The van der Waals surface area contributed by atoms with E-state index in [1.54, 1.807) is 6.07 Å². The van der Waals surface area contributed by atoms with Crippen molar-refractivity contribution in [2.45, 2.75) is 27.2 Å². The Balaban J connectivity index is 2.10. The summed E-state index contributed by atoms with van der Waals surface area (Å²) in [5, 5.41) is 12.0. The summed E-state index contributed by atoms with van der Waals surface area (Å²) >= 11 is 0. The number of carbonyl (C=O) groups is 1. The van der Waals surface area contributed by atoms with Crippen molar-refractivity contribution in [3.63, 3.8) is 0 Å². The molecular formula is C17H18N2O2. The van der Waals surface area contributed by atoms with E-state index in [2.05, 4.69) is 5.32 Å². The van der Waals surface area contributed by atoms with E-state index in [1.165, 1.54) is 0 Å². The second-order valence-electron chi connectivity index (χ2n) is 5.13. The van der Waals surface area contributed by atoms with Gasteiger partial charge in [0.2, 0.25) is 5.91 Å². The van der Waals surface area contributed by atoms with Crippen LogP contribution >= 0.6 is 0 Å². The monoisotopic (exact) mass is 282 g/mol. The van der Waals surface area contributed by atoms with Gasteiger partial charge in [-0.05, 0) is 50.1 Å². The number of anilines is 1. The minimum Gasteiger partial charge on any atom is -0.466 e. The highest BCUT2D eigenvalue weighted by atomic mass is 16.3. The topological polar surface area (TPSA) is 66.0 Å². The van der Waals surface area contributed by atoms with Gasteiger partial charge in [-0.1, -0.05) is 12.1 Å². The van der Waals surface area contributed by atoms with E-state index in [0.717, 1.165) is 22.6 Å². The molecule has 0 bridgehead atoms. The van der Waals surface area contributed by atoms with Gasteiger partial charge in [0.15, 0.2) is 0 Å². The second kappa shape index (κ2) is 6.27. The molecule has 1 N–H and O–H groups in total. The Labute approximate surface area is 124 Å². The third kappa shape index (κ3) is 3.51. The second-order valence-corrected chi connectivity index (χ2v) is 5.13. The van der Waals surface area contributed by atoms with Gasteiger partial charge < -0.3 is 9.73 Å². The van der Waals surface area contributed by atoms with Gasteiger partial charge in [0.25, 0.3) is 0 Å². The molecular weight excluding hydrogens is 264 g/mol. The van der Waals surface area contributed by atoms with E-state index in [-0.39, 0.29) is 12.3 Å². The Kier molecular flexibility index (Phi) is 4.44. The van der Waals surface area contributed by atoms with Crippen molar-refractivity contribution in [3.05, 3.63) is 53.0 Å². The normalized spacial score (nSPS) is 11.7. The molecule has 1 unspecified atom stereocenters. The third-order valence-electron chi connectivity index (χ3n) is 3.54. The van der Waals surface area contributed by atoms with Crippen LogP contribution in [-0.2, 0) is 11.2 Å². The molecule has 0 radical (unpaired) electrons. The number of hydrogen-bond donors (Lipinski definition) is 1. The van der Waals surface area contributed by atoms with Crippen molar-refractivity contribution in [3.8, 4) is 6.07 Å². The number of furan rings is 1. The number of rotatable bonds is 4. The fourth-order valence-corrected chi connectivity index (χ4v) is 2.10. The maximum atomic E-state index is 12.2. The number of nitrogens with zero attached hydrogens (tertiary/aromatic N) is 1. The molecule has 4 heteroatoms. The molecule has 0 aliphatic heterocycles. The van der Waals surface area contributed by atoms with Crippen molar-refractivity contribution in [1.29, 1.82) is 5.26 Å². The number of hydrogen-bond acceptors (Lipinski definition) is 3. The Morgan fingerprint density at radius 3 is 2.67 bits per heavy atom. The molecule has 4 nitrogen and oxygen atoms in total. The number of nitrogens with one attached hydrogen (secondary N) is 1. The summed E-state index contributed by atoms with van der Waals surface area (Å²) in [7, 11) is 0. The SMILES string of the molecule is Cc1ccc(CC(C#N)C(=O)Nc2cccc(C)c2C)o1. The van der Waals surface area contributed by atoms with Crippen LogP contribution in [0.1, 0.15) is 22.6 Å². The van der Waals surface area contributed by atoms with Gasteiger partial charge in [-0.2, -0.15) is 5.26 Å². The van der Waals surface area contributed by atoms with Crippen LogP contribution in [0.4, 0.5) is 5.69 Å². The van der Waals surface area contributed by atoms with Crippen molar-refractivity contribution in [2.75, 3.05) is 5.32 Å².